The molecule has 3 atom stereocenters. The lowest BCUT2D eigenvalue weighted by atomic mass is 9.79. The van der Waals surface area contributed by atoms with Gasteiger partial charge in [-0.15, -0.1) is 0 Å². The molecule has 3 heteroatoms. The second kappa shape index (κ2) is 6.89. The van der Waals surface area contributed by atoms with Crippen molar-refractivity contribution in [2.45, 2.75) is 99.5 Å². The smallest absolute Gasteiger partial charge is 0.197 e. The molecular weight excluding hydrogens is 310 g/mol. The van der Waals surface area contributed by atoms with E-state index in [0.29, 0.717) is 36.1 Å². The first-order valence-corrected chi connectivity index (χ1v) is 9.98. The maximum absolute atomic E-state index is 11.0. The minimum absolute atomic E-state index is 0.208. The SMILES string of the molecule is CCC(C)Cn1c(O)c2c(c1O)C(CC(C)(C)C)CC2CC(C)(C)C. The summed E-state index contributed by atoms with van der Waals surface area (Å²) in [7, 11) is 0. The minimum Gasteiger partial charge on any atom is -0.494 e. The third-order valence-corrected chi connectivity index (χ3v) is 5.58. The normalized spacial score (nSPS) is 22.2. The van der Waals surface area contributed by atoms with E-state index in [1.54, 1.807) is 4.57 Å². The molecule has 1 aliphatic carbocycles. The van der Waals surface area contributed by atoms with Gasteiger partial charge in [0.05, 0.1) is 0 Å². The zero-order chi connectivity index (χ0) is 19.2. The van der Waals surface area contributed by atoms with E-state index in [9.17, 15) is 10.2 Å². The number of aromatic hydroxyl groups is 2. The molecule has 0 spiro atoms. The molecule has 3 nitrogen and oxygen atoms in total. The highest BCUT2D eigenvalue weighted by molar-refractivity contribution is 5.53. The molecule has 144 valence electrons. The van der Waals surface area contributed by atoms with E-state index in [4.69, 9.17) is 0 Å². The quantitative estimate of drug-likeness (QED) is 0.647. The molecule has 1 aromatic rings. The molecule has 0 fully saturated rings. The van der Waals surface area contributed by atoms with Crippen molar-refractivity contribution in [2.75, 3.05) is 0 Å². The summed E-state index contributed by atoms with van der Waals surface area (Å²) in [4.78, 5) is 0. The first-order chi connectivity index (χ1) is 11.3. The Bertz CT molecular complexity index is 556. The Kier molecular flexibility index (Phi) is 5.56. The molecule has 0 bridgehead atoms. The summed E-state index contributed by atoms with van der Waals surface area (Å²) in [5.41, 5.74) is 2.48. The van der Waals surface area contributed by atoms with Crippen molar-refractivity contribution in [3.63, 3.8) is 0 Å². The molecule has 0 saturated heterocycles. The second-order valence-electron chi connectivity index (χ2n) is 10.8. The first kappa shape index (κ1) is 20.2. The molecule has 1 aromatic heterocycles. The highest BCUT2D eigenvalue weighted by Gasteiger charge is 2.42. The Hall–Kier alpha value is -1.12. The highest BCUT2D eigenvalue weighted by Crippen LogP contribution is 2.57. The molecule has 2 rings (SSSR count). The lowest BCUT2D eigenvalue weighted by molar-refractivity contribution is 0.288. The number of fused-ring (bicyclic) bond motifs is 1. The minimum atomic E-state index is 0.208. The first-order valence-electron chi connectivity index (χ1n) is 9.98. The van der Waals surface area contributed by atoms with Gasteiger partial charge in [0.25, 0.3) is 0 Å². The van der Waals surface area contributed by atoms with Crippen molar-refractivity contribution >= 4 is 0 Å². The molecule has 0 amide bonds. The Labute approximate surface area is 154 Å². The molecule has 2 N–H and O–H groups in total. The zero-order valence-electron chi connectivity index (χ0n) is 17.6. The molecule has 3 unspecified atom stereocenters. The molecule has 0 radical (unpaired) electrons. The van der Waals surface area contributed by atoms with Crippen LogP contribution in [-0.2, 0) is 6.54 Å². The summed E-state index contributed by atoms with van der Waals surface area (Å²) in [6.45, 7) is 18.6. The van der Waals surface area contributed by atoms with E-state index < -0.39 is 0 Å². The number of rotatable bonds is 5. The topological polar surface area (TPSA) is 45.4 Å². The van der Waals surface area contributed by atoms with Gasteiger partial charge in [-0.1, -0.05) is 61.8 Å². The van der Waals surface area contributed by atoms with Crippen molar-refractivity contribution in [1.29, 1.82) is 0 Å². The van der Waals surface area contributed by atoms with Crippen LogP contribution in [0.5, 0.6) is 11.8 Å². The average molecular weight is 350 g/mol. The van der Waals surface area contributed by atoms with Gasteiger partial charge in [0.2, 0.25) is 0 Å². The van der Waals surface area contributed by atoms with Crippen LogP contribution < -0.4 is 0 Å². The van der Waals surface area contributed by atoms with E-state index in [1.807, 2.05) is 0 Å². The molecule has 0 aromatic carbocycles. The van der Waals surface area contributed by atoms with Gasteiger partial charge in [0.1, 0.15) is 0 Å². The van der Waals surface area contributed by atoms with E-state index >= 15 is 0 Å². The van der Waals surface area contributed by atoms with Gasteiger partial charge in [-0.05, 0) is 47.8 Å². The summed E-state index contributed by atoms with van der Waals surface area (Å²) in [6, 6.07) is 0. The van der Waals surface area contributed by atoms with Gasteiger partial charge in [0, 0.05) is 17.7 Å². The maximum atomic E-state index is 11.0. The number of nitrogens with zero attached hydrogens (tertiary/aromatic N) is 1. The van der Waals surface area contributed by atoms with Crippen LogP contribution in [0.25, 0.3) is 0 Å². The molecule has 25 heavy (non-hydrogen) atoms. The standard InChI is InChI=1S/C22H39NO2/c1-9-14(2)13-23-19(24)17-15(11-21(3,4)5)10-16(12-22(6,7)8)18(17)20(23)25/h14-16,24-25H,9-13H2,1-8H3. The van der Waals surface area contributed by atoms with Crippen molar-refractivity contribution in [1.82, 2.24) is 4.57 Å². The van der Waals surface area contributed by atoms with Crippen LogP contribution in [0.3, 0.4) is 0 Å². The predicted octanol–water partition coefficient (Wildman–Crippen LogP) is 6.39. The summed E-state index contributed by atoms with van der Waals surface area (Å²) in [5.74, 6) is 1.75. The average Bonchev–Trinajstić information content (AvgIpc) is 2.87. The van der Waals surface area contributed by atoms with Crippen LogP contribution in [0.4, 0.5) is 0 Å². The van der Waals surface area contributed by atoms with Crippen LogP contribution in [0.1, 0.15) is 104 Å². The van der Waals surface area contributed by atoms with Crippen LogP contribution in [0, 0.1) is 16.7 Å². The number of aromatic nitrogens is 1. The Morgan fingerprint density at radius 1 is 0.920 bits per heavy atom. The maximum Gasteiger partial charge on any atom is 0.197 e. The van der Waals surface area contributed by atoms with Crippen LogP contribution in [0.15, 0.2) is 0 Å². The highest BCUT2D eigenvalue weighted by atomic mass is 16.3. The largest absolute Gasteiger partial charge is 0.494 e. The zero-order valence-corrected chi connectivity index (χ0v) is 17.6. The molecule has 1 heterocycles. The van der Waals surface area contributed by atoms with Crippen molar-refractivity contribution in [2.24, 2.45) is 16.7 Å². The van der Waals surface area contributed by atoms with Gasteiger partial charge in [-0.25, -0.2) is 0 Å². The summed E-state index contributed by atoms with van der Waals surface area (Å²) in [6.07, 6.45) is 4.17. The molecule has 1 aliphatic rings. The summed E-state index contributed by atoms with van der Waals surface area (Å²) < 4.78 is 1.77. The van der Waals surface area contributed by atoms with Gasteiger partial charge < -0.3 is 10.2 Å². The van der Waals surface area contributed by atoms with Crippen LogP contribution in [-0.4, -0.2) is 14.8 Å². The van der Waals surface area contributed by atoms with Crippen LogP contribution >= 0.6 is 0 Å². The fraction of sp³-hybridized carbons (Fsp3) is 0.818. The van der Waals surface area contributed by atoms with Gasteiger partial charge >= 0.3 is 0 Å². The van der Waals surface area contributed by atoms with Crippen molar-refractivity contribution in [3.8, 4) is 11.8 Å². The third-order valence-electron chi connectivity index (χ3n) is 5.58. The fourth-order valence-corrected chi connectivity index (χ4v) is 4.48. The lowest BCUT2D eigenvalue weighted by Crippen LogP contribution is -2.14. The number of hydrogen-bond donors (Lipinski definition) is 2. The second-order valence-corrected chi connectivity index (χ2v) is 10.8. The van der Waals surface area contributed by atoms with Crippen LogP contribution in [0.2, 0.25) is 0 Å². The fourth-order valence-electron chi connectivity index (χ4n) is 4.48. The Morgan fingerprint density at radius 3 is 1.64 bits per heavy atom. The predicted molar refractivity (Wildman–Crippen MR) is 105 cm³/mol. The van der Waals surface area contributed by atoms with Gasteiger partial charge in [-0.3, -0.25) is 4.57 Å². The summed E-state index contributed by atoms with van der Waals surface area (Å²) in [5, 5.41) is 21.9. The monoisotopic (exact) mass is 349 g/mol. The van der Waals surface area contributed by atoms with E-state index in [2.05, 4.69) is 55.4 Å². The molecule has 0 aliphatic heterocycles. The van der Waals surface area contributed by atoms with Crippen molar-refractivity contribution in [3.05, 3.63) is 11.1 Å². The summed E-state index contributed by atoms with van der Waals surface area (Å²) >= 11 is 0. The van der Waals surface area contributed by atoms with E-state index in [0.717, 1.165) is 36.8 Å². The van der Waals surface area contributed by atoms with E-state index in [1.165, 1.54) is 0 Å². The molecule has 0 saturated carbocycles. The lowest BCUT2D eigenvalue weighted by Gasteiger charge is -2.26. The Morgan fingerprint density at radius 2 is 1.32 bits per heavy atom. The van der Waals surface area contributed by atoms with E-state index in [-0.39, 0.29) is 10.8 Å². The Balaban J connectivity index is 2.47. The molecular formula is C22H39NO2. The van der Waals surface area contributed by atoms with Crippen molar-refractivity contribution < 1.29 is 10.2 Å². The van der Waals surface area contributed by atoms with Gasteiger partial charge in [0.15, 0.2) is 11.8 Å². The van der Waals surface area contributed by atoms with Gasteiger partial charge in [-0.2, -0.15) is 0 Å². The number of hydrogen-bond acceptors (Lipinski definition) is 2. The third kappa shape index (κ3) is 4.54.